The molecule has 0 heterocycles. The van der Waals surface area contributed by atoms with Crippen LogP contribution in [0.3, 0.4) is 0 Å². The van der Waals surface area contributed by atoms with Crippen LogP contribution in [0.2, 0.25) is 0 Å². The van der Waals surface area contributed by atoms with Crippen molar-refractivity contribution in [3.63, 3.8) is 0 Å². The molecule has 2 aliphatic carbocycles. The molecule has 8 heteroatoms. The first kappa shape index (κ1) is 15.0. The molecule has 8 nitrogen and oxygen atoms in total. The van der Waals surface area contributed by atoms with Crippen LogP contribution in [0.1, 0.15) is 0 Å². The lowest BCUT2D eigenvalue weighted by atomic mass is 9.82. The van der Waals surface area contributed by atoms with Gasteiger partial charge in [-0.2, -0.15) is 0 Å². The minimum Gasteiger partial charge on any atom is -0.478 e. The molecule has 0 fully saturated rings. The SMILES string of the molecule is O=C1C=CC(=O)C(C2=C(C(=O)O)C(=O)C(C(=O)O)=CC2=O)=C1. The van der Waals surface area contributed by atoms with Gasteiger partial charge >= 0.3 is 11.9 Å². The normalized spacial score (nSPS) is 18.4. The van der Waals surface area contributed by atoms with Crippen molar-refractivity contribution in [1.82, 2.24) is 0 Å². The largest absolute Gasteiger partial charge is 0.478 e. The second-order valence-electron chi connectivity index (χ2n) is 4.27. The average Bonchev–Trinajstić information content (AvgIpc) is 2.42. The van der Waals surface area contributed by atoms with E-state index in [1.807, 2.05) is 0 Å². The van der Waals surface area contributed by atoms with Gasteiger partial charge in [0.15, 0.2) is 17.3 Å². The molecule has 0 spiro atoms. The molecule has 0 amide bonds. The maximum atomic E-state index is 12.0. The molecule has 2 N–H and O–H groups in total. The van der Waals surface area contributed by atoms with Crippen LogP contribution >= 0.6 is 0 Å². The summed E-state index contributed by atoms with van der Waals surface area (Å²) in [7, 11) is 0. The quantitative estimate of drug-likeness (QED) is 0.507. The Morgan fingerprint density at radius 2 is 1.45 bits per heavy atom. The van der Waals surface area contributed by atoms with Gasteiger partial charge < -0.3 is 10.2 Å². The highest BCUT2D eigenvalue weighted by molar-refractivity contribution is 6.42. The summed E-state index contributed by atoms with van der Waals surface area (Å²) in [6.45, 7) is 0. The smallest absolute Gasteiger partial charge is 0.340 e. The van der Waals surface area contributed by atoms with Gasteiger partial charge in [0.25, 0.3) is 0 Å². The highest BCUT2D eigenvalue weighted by atomic mass is 16.4. The van der Waals surface area contributed by atoms with Crippen LogP contribution in [0.5, 0.6) is 0 Å². The predicted octanol–water partition coefficient (Wildman–Crippen LogP) is -0.835. The number of carbonyl (C=O) groups excluding carboxylic acids is 4. The fourth-order valence-electron chi connectivity index (χ4n) is 1.97. The van der Waals surface area contributed by atoms with Gasteiger partial charge in [-0.1, -0.05) is 0 Å². The highest BCUT2D eigenvalue weighted by Gasteiger charge is 2.38. The molecule has 0 aromatic carbocycles. The molecule has 0 aromatic rings. The molecule has 110 valence electrons. The number of ketones is 4. The maximum Gasteiger partial charge on any atom is 0.340 e. The fourth-order valence-corrected chi connectivity index (χ4v) is 1.97. The van der Waals surface area contributed by atoms with Crippen LogP contribution in [0, 0.1) is 0 Å². The second kappa shape index (κ2) is 5.17. The number of allylic oxidation sites excluding steroid dienone is 6. The monoisotopic (exact) mass is 302 g/mol. The zero-order chi connectivity index (χ0) is 16.6. The third-order valence-corrected chi connectivity index (χ3v) is 2.91. The number of rotatable bonds is 3. The van der Waals surface area contributed by atoms with Crippen molar-refractivity contribution in [2.75, 3.05) is 0 Å². The zero-order valence-electron chi connectivity index (χ0n) is 10.7. The van der Waals surface area contributed by atoms with Crippen molar-refractivity contribution in [3.8, 4) is 0 Å². The summed E-state index contributed by atoms with van der Waals surface area (Å²) in [4.78, 5) is 69.0. The van der Waals surface area contributed by atoms with Gasteiger partial charge in [-0.3, -0.25) is 19.2 Å². The van der Waals surface area contributed by atoms with Gasteiger partial charge in [0.05, 0.1) is 5.57 Å². The van der Waals surface area contributed by atoms with Crippen LogP contribution in [-0.2, 0) is 28.8 Å². The average molecular weight is 302 g/mol. The van der Waals surface area contributed by atoms with Gasteiger partial charge in [0.2, 0.25) is 5.78 Å². The summed E-state index contributed by atoms with van der Waals surface area (Å²) in [6, 6.07) is 0. The lowest BCUT2D eigenvalue weighted by Crippen LogP contribution is -2.30. The van der Waals surface area contributed by atoms with Gasteiger partial charge in [-0.05, 0) is 18.2 Å². The lowest BCUT2D eigenvalue weighted by molar-refractivity contribution is -0.136. The van der Waals surface area contributed by atoms with E-state index in [9.17, 15) is 28.8 Å². The summed E-state index contributed by atoms with van der Waals surface area (Å²) in [5, 5.41) is 17.9. The predicted molar refractivity (Wildman–Crippen MR) is 67.6 cm³/mol. The van der Waals surface area contributed by atoms with E-state index in [4.69, 9.17) is 10.2 Å². The molecule has 2 aliphatic rings. The Morgan fingerprint density at radius 1 is 0.818 bits per heavy atom. The molecular weight excluding hydrogens is 296 g/mol. The van der Waals surface area contributed by atoms with Crippen LogP contribution in [0.25, 0.3) is 0 Å². The van der Waals surface area contributed by atoms with E-state index >= 15 is 0 Å². The number of Topliss-reactive ketones (excluding diaryl/α,β-unsaturated/α-hetero) is 1. The van der Waals surface area contributed by atoms with Crippen LogP contribution in [-0.4, -0.2) is 45.3 Å². The minimum absolute atomic E-state index is 0.434. The van der Waals surface area contributed by atoms with Crippen LogP contribution < -0.4 is 0 Å². The van der Waals surface area contributed by atoms with E-state index in [1.165, 1.54) is 0 Å². The minimum atomic E-state index is -1.86. The molecule has 0 aliphatic heterocycles. The Morgan fingerprint density at radius 3 is 2.00 bits per heavy atom. The summed E-state index contributed by atoms with van der Waals surface area (Å²) in [5.41, 5.74) is -3.50. The number of carboxylic acid groups (broad SMARTS) is 2. The highest BCUT2D eigenvalue weighted by Crippen LogP contribution is 2.27. The molecule has 0 saturated carbocycles. The number of hydrogen-bond donors (Lipinski definition) is 2. The second-order valence-corrected chi connectivity index (χ2v) is 4.27. The van der Waals surface area contributed by atoms with Crippen molar-refractivity contribution in [3.05, 3.63) is 46.6 Å². The Balaban J connectivity index is 2.71. The van der Waals surface area contributed by atoms with Crippen LogP contribution in [0.15, 0.2) is 46.6 Å². The maximum absolute atomic E-state index is 12.0. The molecule has 0 bridgehead atoms. The third kappa shape index (κ3) is 2.33. The van der Waals surface area contributed by atoms with E-state index in [1.54, 1.807) is 0 Å². The van der Waals surface area contributed by atoms with Crippen molar-refractivity contribution in [2.24, 2.45) is 0 Å². The lowest BCUT2D eigenvalue weighted by Gasteiger charge is -2.16. The van der Waals surface area contributed by atoms with E-state index in [-0.39, 0.29) is 0 Å². The first-order valence-corrected chi connectivity index (χ1v) is 5.74. The molecule has 0 atom stereocenters. The van der Waals surface area contributed by atoms with Crippen molar-refractivity contribution >= 4 is 35.1 Å². The van der Waals surface area contributed by atoms with Crippen LogP contribution in [0.4, 0.5) is 0 Å². The molecule has 2 rings (SSSR count). The van der Waals surface area contributed by atoms with E-state index in [0.717, 1.165) is 18.2 Å². The number of carbonyl (C=O) groups is 6. The number of aliphatic carboxylic acids is 2. The number of carboxylic acids is 2. The number of hydrogen-bond acceptors (Lipinski definition) is 6. The van der Waals surface area contributed by atoms with Gasteiger partial charge in [0.1, 0.15) is 11.1 Å². The Kier molecular flexibility index (Phi) is 3.52. The zero-order valence-corrected chi connectivity index (χ0v) is 10.7. The summed E-state index contributed by atoms with van der Waals surface area (Å²) in [6.07, 6.45) is 2.91. The van der Waals surface area contributed by atoms with E-state index in [0.29, 0.717) is 6.08 Å². The molecule has 22 heavy (non-hydrogen) atoms. The molecule has 0 saturated heterocycles. The van der Waals surface area contributed by atoms with E-state index in [2.05, 4.69) is 0 Å². The Bertz CT molecular complexity index is 801. The molecular formula is C14H6O8. The fraction of sp³-hybridized carbons (Fsp3) is 0. The summed E-state index contributed by atoms with van der Waals surface area (Å²) in [5.74, 6) is -7.68. The van der Waals surface area contributed by atoms with Gasteiger partial charge in [0, 0.05) is 11.6 Å². The Labute approximate surface area is 121 Å². The first-order chi connectivity index (χ1) is 10.2. The van der Waals surface area contributed by atoms with Crippen molar-refractivity contribution < 1.29 is 39.0 Å². The molecule has 0 unspecified atom stereocenters. The van der Waals surface area contributed by atoms with Gasteiger partial charge in [-0.15, -0.1) is 0 Å². The summed E-state index contributed by atoms with van der Waals surface area (Å²) < 4.78 is 0. The molecule has 0 aromatic heterocycles. The standard InChI is InChI=1S/C14H6O8/c15-5-1-2-8(16)6(3-5)10-9(17)4-7(13(19)20)12(18)11(10)14(21)22/h1-4H,(H,19,20)(H,21,22). The Hall–Kier alpha value is -3.42. The third-order valence-electron chi connectivity index (χ3n) is 2.91. The van der Waals surface area contributed by atoms with Crippen molar-refractivity contribution in [1.29, 1.82) is 0 Å². The molecule has 0 radical (unpaired) electrons. The van der Waals surface area contributed by atoms with E-state index < -0.39 is 57.4 Å². The van der Waals surface area contributed by atoms with Gasteiger partial charge in [-0.25, -0.2) is 9.59 Å². The topological polar surface area (TPSA) is 143 Å². The first-order valence-electron chi connectivity index (χ1n) is 5.74. The van der Waals surface area contributed by atoms with Crippen molar-refractivity contribution in [2.45, 2.75) is 0 Å². The summed E-state index contributed by atoms with van der Waals surface area (Å²) >= 11 is 0.